The van der Waals surface area contributed by atoms with Gasteiger partial charge in [0.1, 0.15) is 17.2 Å². The van der Waals surface area contributed by atoms with Gasteiger partial charge in [0.25, 0.3) is 0 Å². The van der Waals surface area contributed by atoms with Gasteiger partial charge in [-0.05, 0) is 55.5 Å². The summed E-state index contributed by atoms with van der Waals surface area (Å²) in [6, 6.07) is 16.0. The largest absolute Gasteiger partial charge is 0.496 e. The van der Waals surface area contributed by atoms with Crippen molar-refractivity contribution in [3.8, 4) is 17.2 Å². The number of carbonyl (C=O) groups is 1. The first-order chi connectivity index (χ1) is 15.0. The first kappa shape index (κ1) is 22.6. The smallest absolute Gasteiger partial charge is 0.157 e. The molecule has 1 atom stereocenters. The fraction of sp³-hybridized carbons (Fsp3) is 0.346. The minimum atomic E-state index is -0.0648. The lowest BCUT2D eigenvalue weighted by Crippen LogP contribution is -2.12. The molecule has 0 aliphatic rings. The third-order valence-corrected chi connectivity index (χ3v) is 5.06. The Balaban J connectivity index is 1.94. The van der Waals surface area contributed by atoms with Crippen LogP contribution in [0.15, 0.2) is 48.5 Å². The minimum absolute atomic E-state index is 0.00548. The van der Waals surface area contributed by atoms with Gasteiger partial charge < -0.3 is 18.9 Å². The number of fused-ring (bicyclic) bond motifs is 1. The van der Waals surface area contributed by atoms with E-state index in [1.165, 1.54) is 0 Å². The Labute approximate surface area is 183 Å². The molecule has 0 bridgehead atoms. The van der Waals surface area contributed by atoms with Gasteiger partial charge in [0, 0.05) is 11.8 Å². The van der Waals surface area contributed by atoms with Gasteiger partial charge in [-0.25, -0.2) is 0 Å². The molecule has 0 saturated heterocycles. The lowest BCUT2D eigenvalue weighted by atomic mass is 9.98. The van der Waals surface area contributed by atoms with Crippen LogP contribution in [-0.4, -0.2) is 32.7 Å². The number of carbonyl (C=O) groups excluding carboxylic acids is 1. The fourth-order valence-electron chi connectivity index (χ4n) is 3.65. The summed E-state index contributed by atoms with van der Waals surface area (Å²) in [4.78, 5) is 11.8. The molecule has 0 fully saturated rings. The van der Waals surface area contributed by atoms with Crippen LogP contribution in [0.2, 0.25) is 0 Å². The highest BCUT2D eigenvalue weighted by atomic mass is 16.5. The third-order valence-electron chi connectivity index (χ3n) is 5.06. The second kappa shape index (κ2) is 10.3. The lowest BCUT2D eigenvalue weighted by molar-refractivity contribution is 0.0532. The van der Waals surface area contributed by atoms with E-state index in [1.807, 2.05) is 44.2 Å². The molecule has 0 spiro atoms. The van der Waals surface area contributed by atoms with Crippen LogP contribution in [-0.2, 0) is 17.8 Å². The predicted octanol–water partition coefficient (Wildman–Crippen LogP) is 5.60. The highest BCUT2D eigenvalue weighted by Crippen LogP contribution is 2.39. The molecule has 31 heavy (non-hydrogen) atoms. The minimum Gasteiger partial charge on any atom is -0.496 e. The maximum Gasteiger partial charge on any atom is 0.157 e. The number of benzene rings is 3. The average Bonchev–Trinajstić information content (AvgIpc) is 2.76. The SMILES string of the molecule is COc1cc2c(OC)c(C=O)c(OC(C)C)cc2cc1C[C@@H](C)OCc1ccccc1. The van der Waals surface area contributed by atoms with Crippen LogP contribution in [0, 0.1) is 0 Å². The summed E-state index contributed by atoms with van der Waals surface area (Å²) in [5.74, 6) is 1.73. The van der Waals surface area contributed by atoms with Crippen LogP contribution in [0.4, 0.5) is 0 Å². The van der Waals surface area contributed by atoms with Crippen molar-refractivity contribution in [1.29, 1.82) is 0 Å². The van der Waals surface area contributed by atoms with E-state index in [9.17, 15) is 4.79 Å². The summed E-state index contributed by atoms with van der Waals surface area (Å²) >= 11 is 0. The Kier molecular flexibility index (Phi) is 7.53. The molecule has 0 radical (unpaired) electrons. The van der Waals surface area contributed by atoms with Crippen molar-refractivity contribution in [1.82, 2.24) is 0 Å². The number of hydrogen-bond acceptors (Lipinski definition) is 5. The molecule has 0 heterocycles. The van der Waals surface area contributed by atoms with E-state index in [-0.39, 0.29) is 12.2 Å². The van der Waals surface area contributed by atoms with Crippen LogP contribution in [0.5, 0.6) is 17.2 Å². The van der Waals surface area contributed by atoms with E-state index in [1.54, 1.807) is 14.2 Å². The molecule has 0 aromatic heterocycles. The topological polar surface area (TPSA) is 54.0 Å². The number of methoxy groups -OCH3 is 2. The first-order valence-electron chi connectivity index (χ1n) is 10.5. The van der Waals surface area contributed by atoms with E-state index in [4.69, 9.17) is 18.9 Å². The molecule has 164 valence electrons. The molecule has 0 aliphatic heterocycles. The number of aldehydes is 1. The molecule has 0 amide bonds. The standard InChI is InChI=1S/C26H30O5/c1-17(2)31-25-13-20-12-21(11-18(3)30-16-19-9-7-6-8-10-19)24(28-4)14-22(20)26(29-5)23(25)15-27/h6-10,12-15,17-18H,11,16H2,1-5H3/t18-/m1/s1. The number of hydrogen-bond donors (Lipinski definition) is 0. The summed E-state index contributed by atoms with van der Waals surface area (Å²) in [6.07, 6.45) is 1.39. The van der Waals surface area contributed by atoms with E-state index in [2.05, 4.69) is 25.1 Å². The molecule has 3 aromatic carbocycles. The fourth-order valence-corrected chi connectivity index (χ4v) is 3.65. The summed E-state index contributed by atoms with van der Waals surface area (Å²) in [5, 5.41) is 1.73. The van der Waals surface area contributed by atoms with Crippen LogP contribution in [0.1, 0.15) is 42.3 Å². The normalized spacial score (nSPS) is 12.1. The van der Waals surface area contributed by atoms with Crippen molar-refractivity contribution >= 4 is 17.1 Å². The molecular weight excluding hydrogens is 392 g/mol. The summed E-state index contributed by atoms with van der Waals surface area (Å²) < 4.78 is 23.2. The van der Waals surface area contributed by atoms with Gasteiger partial charge in [-0.15, -0.1) is 0 Å². The van der Waals surface area contributed by atoms with E-state index in [0.717, 1.165) is 33.9 Å². The molecule has 3 aromatic rings. The highest BCUT2D eigenvalue weighted by Gasteiger charge is 2.19. The van der Waals surface area contributed by atoms with Gasteiger partial charge in [-0.1, -0.05) is 30.3 Å². The Hall–Kier alpha value is -3.05. The van der Waals surface area contributed by atoms with Crippen LogP contribution < -0.4 is 14.2 Å². The van der Waals surface area contributed by atoms with Crippen molar-refractivity contribution in [3.63, 3.8) is 0 Å². The molecule has 5 heteroatoms. The number of rotatable bonds is 10. The van der Waals surface area contributed by atoms with Gasteiger partial charge in [-0.2, -0.15) is 0 Å². The zero-order chi connectivity index (χ0) is 22.4. The molecule has 0 saturated carbocycles. The van der Waals surface area contributed by atoms with Gasteiger partial charge in [0.2, 0.25) is 0 Å². The quantitative estimate of drug-likeness (QED) is 0.398. The second-order valence-electron chi connectivity index (χ2n) is 7.80. The maximum atomic E-state index is 11.8. The van der Waals surface area contributed by atoms with Crippen molar-refractivity contribution in [3.05, 3.63) is 65.2 Å². The van der Waals surface area contributed by atoms with Crippen LogP contribution in [0.25, 0.3) is 10.8 Å². The van der Waals surface area contributed by atoms with E-state index >= 15 is 0 Å². The van der Waals surface area contributed by atoms with Gasteiger partial charge in [0.05, 0.1) is 38.6 Å². The zero-order valence-corrected chi connectivity index (χ0v) is 18.8. The molecule has 5 nitrogen and oxygen atoms in total. The Morgan fingerprint density at radius 3 is 2.29 bits per heavy atom. The van der Waals surface area contributed by atoms with Crippen molar-refractivity contribution in [2.75, 3.05) is 14.2 Å². The Bertz CT molecular complexity index is 1030. The molecule has 3 rings (SSSR count). The van der Waals surface area contributed by atoms with Crippen LogP contribution >= 0.6 is 0 Å². The molecule has 0 unspecified atom stereocenters. The molecule has 0 N–H and O–H groups in total. The highest BCUT2D eigenvalue weighted by molar-refractivity contribution is 6.00. The Morgan fingerprint density at radius 1 is 0.935 bits per heavy atom. The summed E-state index contributed by atoms with van der Waals surface area (Å²) in [5.41, 5.74) is 2.56. The summed E-state index contributed by atoms with van der Waals surface area (Å²) in [7, 11) is 3.20. The zero-order valence-electron chi connectivity index (χ0n) is 18.8. The first-order valence-corrected chi connectivity index (χ1v) is 10.5. The average molecular weight is 423 g/mol. The van der Waals surface area contributed by atoms with Gasteiger partial charge >= 0.3 is 0 Å². The van der Waals surface area contributed by atoms with E-state index in [0.29, 0.717) is 30.1 Å². The predicted molar refractivity (Wildman–Crippen MR) is 123 cm³/mol. The Morgan fingerprint density at radius 2 is 1.68 bits per heavy atom. The van der Waals surface area contributed by atoms with E-state index < -0.39 is 0 Å². The van der Waals surface area contributed by atoms with Crippen molar-refractivity contribution in [2.45, 2.75) is 46.0 Å². The second-order valence-corrected chi connectivity index (χ2v) is 7.80. The van der Waals surface area contributed by atoms with Crippen molar-refractivity contribution < 1.29 is 23.7 Å². The van der Waals surface area contributed by atoms with Crippen molar-refractivity contribution in [2.24, 2.45) is 0 Å². The molecular formula is C26H30O5. The third kappa shape index (κ3) is 5.36. The number of ether oxygens (including phenoxy) is 4. The van der Waals surface area contributed by atoms with Crippen LogP contribution in [0.3, 0.4) is 0 Å². The maximum absolute atomic E-state index is 11.8. The molecule has 0 aliphatic carbocycles. The van der Waals surface area contributed by atoms with Gasteiger partial charge in [0.15, 0.2) is 6.29 Å². The van der Waals surface area contributed by atoms with Gasteiger partial charge in [-0.3, -0.25) is 4.79 Å². The summed E-state index contributed by atoms with van der Waals surface area (Å²) in [6.45, 7) is 6.46. The monoisotopic (exact) mass is 422 g/mol. The lowest BCUT2D eigenvalue weighted by Gasteiger charge is -2.19.